The van der Waals surface area contributed by atoms with Crippen LogP contribution < -0.4 is 10.7 Å². The van der Waals surface area contributed by atoms with Crippen molar-refractivity contribution in [3.05, 3.63) is 47.7 Å². The molecular formula is C36H46Cl3F3N4O6. The Bertz CT molecular complexity index is 1630. The van der Waals surface area contributed by atoms with Crippen LogP contribution in [-0.2, 0) is 28.7 Å². The first-order chi connectivity index (χ1) is 24.0. The van der Waals surface area contributed by atoms with Crippen molar-refractivity contribution < 1.29 is 41.8 Å². The van der Waals surface area contributed by atoms with Crippen LogP contribution in [0.3, 0.4) is 0 Å². The number of pyridine rings is 1. The van der Waals surface area contributed by atoms with Crippen molar-refractivity contribution in [1.82, 2.24) is 20.7 Å². The van der Waals surface area contributed by atoms with E-state index in [1.54, 1.807) is 51.1 Å². The number of hydrogen-bond acceptors (Lipinski definition) is 8. The number of alkyl halides is 6. The molecule has 0 saturated carbocycles. The van der Waals surface area contributed by atoms with Gasteiger partial charge in [0.05, 0.1) is 17.1 Å². The number of fused-ring (bicyclic) bond motifs is 1. The lowest BCUT2D eigenvalue weighted by Gasteiger charge is -2.37. The zero-order valence-corrected chi connectivity index (χ0v) is 32.4. The Kier molecular flexibility index (Phi) is 14.8. The lowest BCUT2D eigenvalue weighted by atomic mass is 9.71. The number of halogens is 6. The molecule has 52 heavy (non-hydrogen) atoms. The third-order valence-electron chi connectivity index (χ3n) is 8.97. The van der Waals surface area contributed by atoms with E-state index in [4.69, 9.17) is 44.3 Å². The highest BCUT2D eigenvalue weighted by molar-refractivity contribution is 6.67. The summed E-state index contributed by atoms with van der Waals surface area (Å²) in [5.41, 5.74) is 3.05. The number of benzene rings is 1. The van der Waals surface area contributed by atoms with Crippen molar-refractivity contribution in [3.63, 3.8) is 0 Å². The molecule has 2 N–H and O–H groups in total. The van der Waals surface area contributed by atoms with E-state index >= 15 is 0 Å². The smallest absolute Gasteiger partial charge is 0.392 e. The molecule has 16 heteroatoms. The van der Waals surface area contributed by atoms with Crippen LogP contribution in [-0.4, -0.2) is 69.0 Å². The van der Waals surface area contributed by atoms with E-state index in [1.807, 2.05) is 6.07 Å². The van der Waals surface area contributed by atoms with Gasteiger partial charge in [-0.15, -0.1) is 0 Å². The van der Waals surface area contributed by atoms with Crippen molar-refractivity contribution >= 4 is 75.5 Å². The molecular weight excluding hydrogens is 748 g/mol. The Labute approximate surface area is 317 Å². The Hall–Kier alpha value is -3.13. The van der Waals surface area contributed by atoms with Gasteiger partial charge in [0.15, 0.2) is 0 Å². The van der Waals surface area contributed by atoms with Gasteiger partial charge < -0.3 is 14.8 Å². The molecule has 3 rings (SSSR count). The molecule has 0 spiro atoms. The number of esters is 2. The van der Waals surface area contributed by atoms with Crippen LogP contribution >= 0.6 is 34.8 Å². The molecule has 1 aliphatic rings. The number of nitrogens with zero attached hydrogens (tertiary/aromatic N) is 2. The summed E-state index contributed by atoms with van der Waals surface area (Å²) in [6.07, 6.45) is -1.91. The number of allylic oxidation sites excluding steroid dienone is 1. The molecule has 1 aromatic carbocycles. The van der Waals surface area contributed by atoms with E-state index in [1.165, 1.54) is 38.8 Å². The molecule has 1 aromatic heterocycles. The van der Waals surface area contributed by atoms with E-state index in [0.29, 0.717) is 29.6 Å². The normalized spacial score (nSPS) is 18.2. The van der Waals surface area contributed by atoms with E-state index in [2.05, 4.69) is 15.7 Å². The van der Waals surface area contributed by atoms with Crippen molar-refractivity contribution in [2.24, 2.45) is 23.2 Å². The number of nitrogens with one attached hydrogen (secondary N) is 2. The second-order valence-corrected chi connectivity index (χ2v) is 16.6. The van der Waals surface area contributed by atoms with Gasteiger partial charge in [0.1, 0.15) is 24.8 Å². The largest absolute Gasteiger partial charge is 0.460 e. The molecule has 0 aliphatic carbocycles. The maximum Gasteiger partial charge on any atom is 0.392 e. The van der Waals surface area contributed by atoms with Gasteiger partial charge in [0, 0.05) is 24.8 Å². The summed E-state index contributed by atoms with van der Waals surface area (Å²) >= 11 is 16.9. The zero-order chi connectivity index (χ0) is 39.2. The highest BCUT2D eigenvalue weighted by Gasteiger charge is 2.50. The Balaban J connectivity index is 1.74. The lowest BCUT2D eigenvalue weighted by Crippen LogP contribution is -2.60. The van der Waals surface area contributed by atoms with Crippen molar-refractivity contribution in [1.29, 1.82) is 0 Å². The first-order valence-corrected chi connectivity index (χ1v) is 18.1. The molecule has 1 saturated heterocycles. The predicted molar refractivity (Wildman–Crippen MR) is 194 cm³/mol. The Morgan fingerprint density at radius 3 is 2.33 bits per heavy atom. The summed E-state index contributed by atoms with van der Waals surface area (Å²) in [4.78, 5) is 55.2. The standard InChI is InChI=1S/C36H46Cl3F3N4O6/c1-20(2)26(31(48)43-21(3)32(49)46-16-8-9-28(45-46)33(50)51-19-35(37,38)39)18-30(36(40,41)42)34(6,7)15-14-24-10-11-25-12-13-27(44-29(25)17-24)22(4)52-23(5)47/h10-15,17,20-22,26,28,30,45H,8-9,16,18-19H2,1-7H3,(H,43,48)/b15-14+/t21-,22+,26-,28-,30-/m0/s1. The Morgan fingerprint density at radius 2 is 1.73 bits per heavy atom. The van der Waals surface area contributed by atoms with Crippen LogP contribution in [0.25, 0.3) is 17.0 Å². The van der Waals surface area contributed by atoms with Crippen molar-refractivity contribution in [3.8, 4) is 0 Å². The molecule has 0 radical (unpaired) electrons. The molecule has 2 amide bonds. The Morgan fingerprint density at radius 1 is 1.08 bits per heavy atom. The molecule has 288 valence electrons. The SMILES string of the molecule is CC(=O)O[C@H](C)c1ccc2ccc(/C=C/C(C)(C)[C@H](C[C@H](C(=O)N[C@@H](C)C(=O)N3CCC[C@@H](C(=O)OCC(Cl)(Cl)Cl)N3)C(C)C)C(F)(F)F)cc2n1. The minimum Gasteiger partial charge on any atom is -0.460 e. The zero-order valence-electron chi connectivity index (χ0n) is 30.2. The summed E-state index contributed by atoms with van der Waals surface area (Å²) in [6, 6.07) is 6.86. The van der Waals surface area contributed by atoms with Crippen LogP contribution in [0.4, 0.5) is 13.2 Å². The van der Waals surface area contributed by atoms with Gasteiger partial charge in [-0.05, 0) is 62.1 Å². The third-order valence-corrected chi connectivity index (χ3v) is 9.30. The fourth-order valence-electron chi connectivity index (χ4n) is 6.00. The summed E-state index contributed by atoms with van der Waals surface area (Å²) in [6.45, 7) is 10.4. The van der Waals surface area contributed by atoms with Gasteiger partial charge in [0.25, 0.3) is 5.91 Å². The number of amides is 2. The van der Waals surface area contributed by atoms with Crippen molar-refractivity contribution in [2.75, 3.05) is 13.2 Å². The quantitative estimate of drug-likeness (QED) is 0.157. The van der Waals surface area contributed by atoms with Crippen LogP contribution in [0, 0.1) is 23.2 Å². The summed E-state index contributed by atoms with van der Waals surface area (Å²) in [5, 5.41) is 4.57. The van der Waals surface area contributed by atoms with E-state index in [0.717, 1.165) is 5.39 Å². The van der Waals surface area contributed by atoms with Crippen molar-refractivity contribution in [2.45, 2.75) is 95.9 Å². The molecule has 1 fully saturated rings. The van der Waals surface area contributed by atoms with Gasteiger partial charge in [0.2, 0.25) is 9.70 Å². The maximum absolute atomic E-state index is 14.8. The van der Waals surface area contributed by atoms with Gasteiger partial charge in [-0.25, -0.2) is 10.4 Å². The molecule has 5 atom stereocenters. The second kappa shape index (κ2) is 17.8. The number of hydrogen-bond donors (Lipinski definition) is 2. The average molecular weight is 794 g/mol. The van der Waals surface area contributed by atoms with Crippen LogP contribution in [0.2, 0.25) is 0 Å². The second-order valence-electron chi connectivity index (χ2n) is 14.0. The minimum atomic E-state index is -4.66. The van der Waals surface area contributed by atoms with Gasteiger partial charge in [-0.2, -0.15) is 13.2 Å². The van der Waals surface area contributed by atoms with E-state index in [-0.39, 0.29) is 6.54 Å². The maximum atomic E-state index is 14.8. The number of ether oxygens (including phenoxy) is 2. The van der Waals surface area contributed by atoms with Gasteiger partial charge in [-0.1, -0.05) is 92.8 Å². The first kappa shape index (κ1) is 43.3. The average Bonchev–Trinajstić information content (AvgIpc) is 3.04. The summed E-state index contributed by atoms with van der Waals surface area (Å²) in [5.74, 6) is -5.95. The highest BCUT2D eigenvalue weighted by atomic mass is 35.6. The number of rotatable bonds is 13. The minimum absolute atomic E-state index is 0.222. The van der Waals surface area contributed by atoms with Crippen LogP contribution in [0.5, 0.6) is 0 Å². The monoisotopic (exact) mass is 792 g/mol. The number of carbonyl (C=O) groups is 4. The van der Waals surface area contributed by atoms with Crippen LogP contribution in [0.15, 0.2) is 36.4 Å². The predicted octanol–water partition coefficient (Wildman–Crippen LogP) is 7.65. The topological polar surface area (TPSA) is 127 Å². The third kappa shape index (κ3) is 12.5. The van der Waals surface area contributed by atoms with Crippen LogP contribution in [0.1, 0.15) is 85.1 Å². The molecule has 2 aromatic rings. The number of carbonyl (C=O) groups excluding carboxylic acids is 4. The lowest BCUT2D eigenvalue weighted by molar-refractivity contribution is -0.202. The molecule has 1 aliphatic heterocycles. The van der Waals surface area contributed by atoms with Gasteiger partial charge >= 0.3 is 18.1 Å². The highest BCUT2D eigenvalue weighted by Crippen LogP contribution is 2.46. The molecule has 2 heterocycles. The van der Waals surface area contributed by atoms with Gasteiger partial charge in [-0.3, -0.25) is 24.2 Å². The van der Waals surface area contributed by atoms with E-state index in [9.17, 15) is 32.3 Å². The summed E-state index contributed by atoms with van der Waals surface area (Å²) in [7, 11) is 0. The summed E-state index contributed by atoms with van der Waals surface area (Å²) < 4.78 is 52.7. The fourth-order valence-corrected chi connectivity index (χ4v) is 6.16. The molecule has 10 nitrogen and oxygen atoms in total. The number of hydrazine groups is 1. The first-order valence-electron chi connectivity index (χ1n) is 16.9. The van der Waals surface area contributed by atoms with E-state index < -0.39 is 88.1 Å². The molecule has 0 bridgehead atoms. The number of aromatic nitrogens is 1. The molecule has 0 unspecified atom stereocenters. The fraction of sp³-hybridized carbons (Fsp3) is 0.583.